The molecule has 0 aromatic heterocycles. The molecule has 0 fully saturated rings. The molecule has 0 aliphatic rings. The minimum absolute atomic E-state index is 0.000817. The van der Waals surface area contributed by atoms with Crippen LogP contribution in [-0.4, -0.2) is 64.4 Å². The van der Waals surface area contributed by atoms with Crippen molar-refractivity contribution < 1.29 is 17.6 Å². The summed E-state index contributed by atoms with van der Waals surface area (Å²) in [5, 5.41) is 0. The number of carbonyl (C=O) groups excluding carboxylic acids is 1. The number of amides is 1. The summed E-state index contributed by atoms with van der Waals surface area (Å²) < 4.78 is 39.4. The highest BCUT2D eigenvalue weighted by molar-refractivity contribution is 7.89. The Morgan fingerprint density at radius 2 is 1.74 bits per heavy atom. The number of hydrogen-bond donors (Lipinski definition) is 1. The Labute approximate surface area is 137 Å². The van der Waals surface area contributed by atoms with Crippen molar-refractivity contribution in [3.05, 3.63) is 30.1 Å². The second-order valence-electron chi connectivity index (χ2n) is 5.51. The van der Waals surface area contributed by atoms with Gasteiger partial charge in [-0.3, -0.25) is 4.79 Å². The lowest BCUT2D eigenvalue weighted by Crippen LogP contribution is -2.38. The fourth-order valence-corrected chi connectivity index (χ4v) is 3.04. The van der Waals surface area contributed by atoms with Crippen LogP contribution in [0.5, 0.6) is 0 Å². The number of rotatable bonds is 9. The molecule has 0 saturated heterocycles. The van der Waals surface area contributed by atoms with E-state index in [-0.39, 0.29) is 17.3 Å². The molecule has 130 valence electrons. The molecule has 23 heavy (non-hydrogen) atoms. The Kier molecular flexibility index (Phi) is 7.60. The summed E-state index contributed by atoms with van der Waals surface area (Å²) in [4.78, 5) is 15.2. The summed E-state index contributed by atoms with van der Waals surface area (Å²) in [7, 11) is 0.211. The lowest BCUT2D eigenvalue weighted by atomic mass is 10.3. The molecule has 1 N–H and O–H groups in total. The van der Waals surface area contributed by atoms with Crippen molar-refractivity contribution >= 4 is 15.9 Å². The van der Waals surface area contributed by atoms with E-state index in [2.05, 4.69) is 4.72 Å². The summed E-state index contributed by atoms with van der Waals surface area (Å²) in [5.74, 6) is -0.586. The molecular formula is C15H24FN3O3S. The van der Waals surface area contributed by atoms with Gasteiger partial charge in [0.05, 0.1) is 4.90 Å². The minimum Gasteiger partial charge on any atom is -0.342 e. The zero-order chi connectivity index (χ0) is 17.5. The predicted octanol–water partition coefficient (Wildman–Crippen LogP) is 0.904. The number of nitrogens with one attached hydrogen (secondary N) is 1. The molecule has 8 heteroatoms. The van der Waals surface area contributed by atoms with Crippen LogP contribution in [0.15, 0.2) is 29.2 Å². The zero-order valence-corrected chi connectivity index (χ0v) is 14.6. The van der Waals surface area contributed by atoms with Crippen LogP contribution < -0.4 is 4.72 Å². The van der Waals surface area contributed by atoms with Crippen molar-refractivity contribution in [1.82, 2.24) is 14.5 Å². The maximum atomic E-state index is 12.8. The first-order valence-corrected chi connectivity index (χ1v) is 8.86. The second-order valence-corrected chi connectivity index (χ2v) is 7.28. The van der Waals surface area contributed by atoms with Crippen LogP contribution in [0.3, 0.4) is 0 Å². The predicted molar refractivity (Wildman–Crippen MR) is 87.0 cm³/mol. The van der Waals surface area contributed by atoms with Gasteiger partial charge in [-0.05, 0) is 51.3 Å². The van der Waals surface area contributed by atoms with E-state index < -0.39 is 15.8 Å². The van der Waals surface area contributed by atoms with E-state index in [4.69, 9.17) is 0 Å². The first kappa shape index (κ1) is 19.5. The van der Waals surface area contributed by atoms with Gasteiger partial charge in [0.15, 0.2) is 0 Å². The maximum Gasteiger partial charge on any atom is 0.240 e. The van der Waals surface area contributed by atoms with Crippen molar-refractivity contribution in [2.45, 2.75) is 18.2 Å². The monoisotopic (exact) mass is 345 g/mol. The highest BCUT2D eigenvalue weighted by Gasteiger charge is 2.15. The van der Waals surface area contributed by atoms with Crippen LogP contribution >= 0.6 is 0 Å². The average molecular weight is 345 g/mol. The number of sulfonamides is 1. The van der Waals surface area contributed by atoms with Crippen LogP contribution in [0.4, 0.5) is 4.39 Å². The molecule has 0 aliphatic carbocycles. The highest BCUT2D eigenvalue weighted by Crippen LogP contribution is 2.09. The van der Waals surface area contributed by atoms with E-state index >= 15 is 0 Å². The number of hydrogen-bond acceptors (Lipinski definition) is 4. The fraction of sp³-hybridized carbons (Fsp3) is 0.533. The molecular weight excluding hydrogens is 321 g/mol. The molecule has 6 nitrogen and oxygen atoms in total. The van der Waals surface area contributed by atoms with Crippen LogP contribution in [-0.2, 0) is 14.8 Å². The number of carbonyl (C=O) groups is 1. The van der Waals surface area contributed by atoms with E-state index in [0.717, 1.165) is 25.1 Å². The summed E-state index contributed by atoms with van der Waals surface area (Å²) in [6.45, 7) is 3.30. The lowest BCUT2D eigenvalue weighted by Gasteiger charge is -2.22. The first-order valence-electron chi connectivity index (χ1n) is 7.38. The van der Waals surface area contributed by atoms with Crippen LogP contribution in [0.1, 0.15) is 13.3 Å². The minimum atomic E-state index is -3.70. The van der Waals surface area contributed by atoms with E-state index in [0.29, 0.717) is 13.1 Å². The van der Waals surface area contributed by atoms with Crippen LogP contribution in [0, 0.1) is 5.82 Å². The number of nitrogens with zero attached hydrogens (tertiary/aromatic N) is 2. The molecule has 0 unspecified atom stereocenters. The normalized spacial score (nSPS) is 11.7. The maximum absolute atomic E-state index is 12.8. The van der Waals surface area contributed by atoms with Crippen LogP contribution in [0.25, 0.3) is 0 Å². The van der Waals surface area contributed by atoms with Gasteiger partial charge in [0.25, 0.3) is 0 Å². The molecule has 0 heterocycles. The van der Waals surface area contributed by atoms with Gasteiger partial charge < -0.3 is 9.80 Å². The van der Waals surface area contributed by atoms with E-state index in [1.54, 1.807) is 4.90 Å². The smallest absolute Gasteiger partial charge is 0.240 e. The number of benzene rings is 1. The standard InChI is InChI=1S/C15H24FN3O3S/c1-13(20)19(11-4-10-18(2)3)12-9-17-23(21,22)15-7-5-14(16)6-8-15/h5-8,17H,4,9-12H2,1-3H3. The molecule has 0 atom stereocenters. The first-order chi connectivity index (χ1) is 10.7. The number of halogens is 1. The Balaban J connectivity index is 2.51. The van der Waals surface area contributed by atoms with Crippen molar-refractivity contribution in [3.8, 4) is 0 Å². The topological polar surface area (TPSA) is 69.7 Å². The van der Waals surface area contributed by atoms with E-state index in [1.807, 2.05) is 19.0 Å². The van der Waals surface area contributed by atoms with Gasteiger partial charge in [-0.1, -0.05) is 0 Å². The van der Waals surface area contributed by atoms with Gasteiger partial charge in [-0.15, -0.1) is 0 Å². The molecule has 0 radical (unpaired) electrons. The van der Waals surface area contributed by atoms with Gasteiger partial charge in [0, 0.05) is 26.6 Å². The van der Waals surface area contributed by atoms with Gasteiger partial charge in [-0.25, -0.2) is 17.5 Å². The average Bonchev–Trinajstić information content (AvgIpc) is 2.45. The molecule has 1 aromatic rings. The Morgan fingerprint density at radius 1 is 1.13 bits per heavy atom. The van der Waals surface area contributed by atoms with E-state index in [1.165, 1.54) is 19.1 Å². The van der Waals surface area contributed by atoms with Crippen LogP contribution in [0.2, 0.25) is 0 Å². The molecule has 0 bridgehead atoms. The summed E-state index contributed by atoms with van der Waals surface area (Å²) in [6.07, 6.45) is 0.817. The quantitative estimate of drug-likeness (QED) is 0.722. The van der Waals surface area contributed by atoms with Gasteiger partial charge in [-0.2, -0.15) is 0 Å². The molecule has 0 aliphatic heterocycles. The third-order valence-electron chi connectivity index (χ3n) is 3.28. The summed E-state index contributed by atoms with van der Waals surface area (Å²) in [5.41, 5.74) is 0. The largest absolute Gasteiger partial charge is 0.342 e. The Hall–Kier alpha value is -1.51. The Bertz CT molecular complexity index is 603. The lowest BCUT2D eigenvalue weighted by molar-refractivity contribution is -0.128. The van der Waals surface area contributed by atoms with Gasteiger partial charge in [0.1, 0.15) is 5.82 Å². The van der Waals surface area contributed by atoms with Crippen molar-refractivity contribution in [2.24, 2.45) is 0 Å². The highest BCUT2D eigenvalue weighted by atomic mass is 32.2. The third kappa shape index (κ3) is 7.06. The zero-order valence-electron chi connectivity index (χ0n) is 13.8. The Morgan fingerprint density at radius 3 is 2.26 bits per heavy atom. The van der Waals surface area contributed by atoms with Crippen molar-refractivity contribution in [3.63, 3.8) is 0 Å². The van der Waals surface area contributed by atoms with Crippen molar-refractivity contribution in [2.75, 3.05) is 40.3 Å². The molecule has 1 rings (SSSR count). The van der Waals surface area contributed by atoms with Gasteiger partial charge >= 0.3 is 0 Å². The molecule has 1 aromatic carbocycles. The molecule has 0 spiro atoms. The SMILES string of the molecule is CC(=O)N(CCCN(C)C)CCNS(=O)(=O)c1ccc(F)cc1. The third-order valence-corrected chi connectivity index (χ3v) is 4.75. The fourth-order valence-electron chi connectivity index (χ4n) is 2.02. The molecule has 0 saturated carbocycles. The van der Waals surface area contributed by atoms with E-state index in [9.17, 15) is 17.6 Å². The summed E-state index contributed by atoms with van der Waals surface area (Å²) >= 11 is 0. The van der Waals surface area contributed by atoms with Crippen molar-refractivity contribution in [1.29, 1.82) is 0 Å². The second kappa shape index (κ2) is 8.95. The summed E-state index contributed by atoms with van der Waals surface area (Å²) in [6, 6.07) is 4.60. The molecule has 1 amide bonds. The van der Waals surface area contributed by atoms with Gasteiger partial charge in [0.2, 0.25) is 15.9 Å².